The summed E-state index contributed by atoms with van der Waals surface area (Å²) >= 11 is 0. The average Bonchev–Trinajstić information content (AvgIpc) is 2.83. The molecule has 2 N–H and O–H groups in total. The summed E-state index contributed by atoms with van der Waals surface area (Å²) in [7, 11) is 0. The number of hydrogen-bond donors (Lipinski definition) is 2. The number of amides is 1. The summed E-state index contributed by atoms with van der Waals surface area (Å²) in [5.41, 5.74) is -0.671. The van der Waals surface area contributed by atoms with E-state index in [9.17, 15) is 18.7 Å². The minimum Gasteiger partial charge on any atom is -0.389 e. The summed E-state index contributed by atoms with van der Waals surface area (Å²) in [5, 5.41) is 13.1. The van der Waals surface area contributed by atoms with Gasteiger partial charge in [0, 0.05) is 11.6 Å². The van der Waals surface area contributed by atoms with Crippen LogP contribution in [0.5, 0.6) is 0 Å². The number of aliphatic hydroxyl groups is 1. The van der Waals surface area contributed by atoms with Crippen molar-refractivity contribution in [3.63, 3.8) is 0 Å². The van der Waals surface area contributed by atoms with E-state index in [0.29, 0.717) is 12.8 Å². The smallest absolute Gasteiger partial charge is 0.223 e. The van der Waals surface area contributed by atoms with E-state index in [4.69, 9.17) is 0 Å². The average molecular weight is 311 g/mol. The van der Waals surface area contributed by atoms with Crippen molar-refractivity contribution in [3.8, 4) is 0 Å². The van der Waals surface area contributed by atoms with Crippen molar-refractivity contribution < 1.29 is 18.7 Å². The lowest BCUT2D eigenvalue weighted by Crippen LogP contribution is -2.38. The third-order valence-corrected chi connectivity index (χ3v) is 4.30. The van der Waals surface area contributed by atoms with E-state index in [1.807, 2.05) is 13.8 Å². The van der Waals surface area contributed by atoms with Gasteiger partial charge in [-0.3, -0.25) is 4.79 Å². The van der Waals surface area contributed by atoms with Gasteiger partial charge in [-0.05, 0) is 24.8 Å². The van der Waals surface area contributed by atoms with Crippen molar-refractivity contribution in [3.05, 3.63) is 35.4 Å². The first-order valence-corrected chi connectivity index (χ1v) is 7.77. The molecule has 0 radical (unpaired) electrons. The van der Waals surface area contributed by atoms with Crippen LogP contribution in [0, 0.1) is 17.6 Å². The third kappa shape index (κ3) is 4.03. The van der Waals surface area contributed by atoms with Gasteiger partial charge in [0.05, 0.1) is 18.1 Å². The van der Waals surface area contributed by atoms with Gasteiger partial charge < -0.3 is 10.4 Å². The zero-order valence-electron chi connectivity index (χ0n) is 13.0. The van der Waals surface area contributed by atoms with Crippen LogP contribution in [0.1, 0.15) is 57.6 Å². The molecule has 0 heterocycles. The number of carbonyl (C=O) groups is 1. The highest BCUT2D eigenvalue weighted by atomic mass is 19.1. The molecule has 0 spiro atoms. The quantitative estimate of drug-likeness (QED) is 0.875. The normalized spacial score (nSPS) is 18.5. The molecular weight excluding hydrogens is 288 g/mol. The van der Waals surface area contributed by atoms with E-state index in [1.165, 1.54) is 12.1 Å². The summed E-state index contributed by atoms with van der Waals surface area (Å²) in [5.74, 6) is -1.66. The van der Waals surface area contributed by atoms with Crippen LogP contribution in [0.3, 0.4) is 0 Å². The fourth-order valence-corrected chi connectivity index (χ4v) is 3.09. The van der Waals surface area contributed by atoms with Gasteiger partial charge in [-0.15, -0.1) is 0 Å². The highest BCUT2D eigenvalue weighted by Crippen LogP contribution is 2.33. The number of rotatable bonds is 5. The lowest BCUT2D eigenvalue weighted by Gasteiger charge is -2.26. The Kier molecular flexibility index (Phi) is 5.16. The highest BCUT2D eigenvalue weighted by Gasteiger charge is 2.34. The molecule has 0 bridgehead atoms. The second kappa shape index (κ2) is 6.73. The molecule has 1 fully saturated rings. The van der Waals surface area contributed by atoms with E-state index in [1.54, 1.807) is 0 Å². The third-order valence-electron chi connectivity index (χ3n) is 4.30. The van der Waals surface area contributed by atoms with E-state index in [0.717, 1.165) is 18.9 Å². The van der Waals surface area contributed by atoms with Crippen molar-refractivity contribution in [2.75, 3.05) is 0 Å². The highest BCUT2D eigenvalue weighted by molar-refractivity contribution is 5.77. The number of nitrogens with one attached hydrogen (secondary N) is 1. The lowest BCUT2D eigenvalue weighted by atomic mass is 9.93. The van der Waals surface area contributed by atoms with Crippen LogP contribution < -0.4 is 5.32 Å². The second-order valence-corrected chi connectivity index (χ2v) is 6.56. The molecule has 1 aliphatic rings. The van der Waals surface area contributed by atoms with Crippen molar-refractivity contribution in [2.45, 2.75) is 57.6 Å². The topological polar surface area (TPSA) is 49.3 Å². The van der Waals surface area contributed by atoms with Gasteiger partial charge in [0.2, 0.25) is 5.91 Å². The van der Waals surface area contributed by atoms with Crippen LogP contribution in [0.25, 0.3) is 0 Å². The zero-order valence-corrected chi connectivity index (χ0v) is 13.0. The molecule has 1 aliphatic carbocycles. The van der Waals surface area contributed by atoms with Gasteiger partial charge in [-0.25, -0.2) is 8.78 Å². The molecule has 3 nitrogen and oxygen atoms in total. The molecular formula is C17H23F2NO2. The molecule has 1 aromatic rings. The predicted octanol–water partition coefficient (Wildman–Crippen LogP) is 3.47. The lowest BCUT2D eigenvalue weighted by molar-refractivity contribution is -0.127. The number of halogens is 2. The molecule has 1 aromatic carbocycles. The minimum atomic E-state index is -0.938. The summed E-state index contributed by atoms with van der Waals surface area (Å²) in [6.07, 6.45) is 3.11. The van der Waals surface area contributed by atoms with Gasteiger partial charge in [0.25, 0.3) is 0 Å². The molecule has 0 aromatic heterocycles. The van der Waals surface area contributed by atoms with E-state index < -0.39 is 23.3 Å². The monoisotopic (exact) mass is 311 g/mol. The fourth-order valence-electron chi connectivity index (χ4n) is 3.09. The van der Waals surface area contributed by atoms with Gasteiger partial charge >= 0.3 is 0 Å². The maximum Gasteiger partial charge on any atom is 0.223 e. The van der Waals surface area contributed by atoms with Crippen LogP contribution in [-0.4, -0.2) is 16.6 Å². The van der Waals surface area contributed by atoms with Gasteiger partial charge in [0.1, 0.15) is 11.6 Å². The first-order chi connectivity index (χ1) is 10.3. The summed E-state index contributed by atoms with van der Waals surface area (Å²) < 4.78 is 27.0. The predicted molar refractivity (Wildman–Crippen MR) is 80.1 cm³/mol. The van der Waals surface area contributed by atoms with E-state index in [2.05, 4.69) is 5.32 Å². The Morgan fingerprint density at radius 2 is 1.95 bits per heavy atom. The standard InChI is InChI=1S/C17H23F2NO2/c1-11(2)16(13-6-5-12(18)9-14(13)19)20-15(21)10-17(22)7-3-4-8-17/h5-6,9,11,16,22H,3-4,7-8,10H2,1-2H3,(H,20,21). The molecule has 1 unspecified atom stereocenters. The molecule has 1 atom stereocenters. The van der Waals surface area contributed by atoms with Gasteiger partial charge in [-0.1, -0.05) is 32.8 Å². The van der Waals surface area contributed by atoms with Crippen LogP contribution in [0.15, 0.2) is 18.2 Å². The molecule has 5 heteroatoms. The zero-order chi connectivity index (χ0) is 16.3. The van der Waals surface area contributed by atoms with Crippen molar-refractivity contribution in [2.24, 2.45) is 5.92 Å². The van der Waals surface area contributed by atoms with Gasteiger partial charge in [-0.2, -0.15) is 0 Å². The van der Waals surface area contributed by atoms with Crippen LogP contribution in [0.2, 0.25) is 0 Å². The number of hydrogen-bond acceptors (Lipinski definition) is 2. The van der Waals surface area contributed by atoms with Crippen molar-refractivity contribution in [1.29, 1.82) is 0 Å². The van der Waals surface area contributed by atoms with Crippen LogP contribution in [-0.2, 0) is 4.79 Å². The maximum absolute atomic E-state index is 14.0. The maximum atomic E-state index is 14.0. The van der Waals surface area contributed by atoms with Crippen molar-refractivity contribution in [1.82, 2.24) is 5.32 Å². The number of carbonyl (C=O) groups excluding carboxylic acids is 1. The molecule has 0 aliphatic heterocycles. The molecule has 22 heavy (non-hydrogen) atoms. The molecule has 1 amide bonds. The van der Waals surface area contributed by atoms with E-state index >= 15 is 0 Å². The molecule has 0 saturated heterocycles. The molecule has 122 valence electrons. The first kappa shape index (κ1) is 16.9. The van der Waals surface area contributed by atoms with Gasteiger partial charge in [0.15, 0.2) is 0 Å². The largest absolute Gasteiger partial charge is 0.389 e. The van der Waals surface area contributed by atoms with Crippen molar-refractivity contribution >= 4 is 5.91 Å². The summed E-state index contributed by atoms with van der Waals surface area (Å²) in [6, 6.07) is 2.82. The molecule has 2 rings (SSSR count). The first-order valence-electron chi connectivity index (χ1n) is 7.77. The van der Waals surface area contributed by atoms with Crippen LogP contribution >= 0.6 is 0 Å². The van der Waals surface area contributed by atoms with E-state index in [-0.39, 0.29) is 23.8 Å². The summed E-state index contributed by atoms with van der Waals surface area (Å²) in [4.78, 5) is 12.2. The number of benzene rings is 1. The SMILES string of the molecule is CC(C)C(NC(=O)CC1(O)CCCC1)c1ccc(F)cc1F. The Labute approximate surface area is 129 Å². The van der Waals surface area contributed by atoms with Crippen LogP contribution in [0.4, 0.5) is 8.78 Å². The second-order valence-electron chi connectivity index (χ2n) is 6.56. The minimum absolute atomic E-state index is 0.0268. The summed E-state index contributed by atoms with van der Waals surface area (Å²) in [6.45, 7) is 3.72. The Morgan fingerprint density at radius 1 is 1.32 bits per heavy atom. The Bertz CT molecular complexity index is 539. The molecule has 1 saturated carbocycles. The Balaban J connectivity index is 2.10. The fraction of sp³-hybridized carbons (Fsp3) is 0.588. The Hall–Kier alpha value is -1.49. The Morgan fingerprint density at radius 3 is 2.50 bits per heavy atom.